The van der Waals surface area contributed by atoms with Crippen LogP contribution < -0.4 is 0 Å². The lowest BCUT2D eigenvalue weighted by Crippen LogP contribution is -2.46. The smallest absolute Gasteiger partial charge is 0.0670 e. The molecule has 1 N–H and O–H groups in total. The van der Waals surface area contributed by atoms with E-state index in [9.17, 15) is 5.11 Å². The number of likely N-dealkylation sites (N-methyl/N-ethyl adjacent to an activating group) is 1. The second-order valence-corrected chi connectivity index (χ2v) is 3.55. The summed E-state index contributed by atoms with van der Waals surface area (Å²) in [6.45, 7) is 5.26. The molecule has 1 saturated heterocycles. The number of hydrogen-bond donors (Lipinski definition) is 1. The predicted molar refractivity (Wildman–Crippen MR) is 41.9 cm³/mol. The summed E-state index contributed by atoms with van der Waals surface area (Å²) in [5.41, 5.74) is 0. The Bertz CT molecular complexity index is 104. The van der Waals surface area contributed by atoms with E-state index >= 15 is 0 Å². The Morgan fingerprint density at radius 3 is 2.50 bits per heavy atom. The van der Waals surface area contributed by atoms with Crippen molar-refractivity contribution in [1.29, 1.82) is 0 Å². The number of rotatable bonds is 0. The van der Waals surface area contributed by atoms with Crippen molar-refractivity contribution in [2.75, 3.05) is 13.6 Å². The van der Waals surface area contributed by atoms with Crippen LogP contribution in [0.15, 0.2) is 0 Å². The lowest BCUT2D eigenvalue weighted by atomic mass is 9.91. The third-order valence-electron chi connectivity index (χ3n) is 2.66. The van der Waals surface area contributed by atoms with Gasteiger partial charge in [-0.25, -0.2) is 0 Å². The van der Waals surface area contributed by atoms with E-state index in [2.05, 4.69) is 25.8 Å². The number of piperidine rings is 1. The van der Waals surface area contributed by atoms with Gasteiger partial charge in [0.05, 0.1) is 6.10 Å². The van der Waals surface area contributed by atoms with E-state index in [4.69, 9.17) is 0 Å². The molecule has 0 bridgehead atoms. The molecule has 0 aromatic heterocycles. The molecule has 10 heavy (non-hydrogen) atoms. The van der Waals surface area contributed by atoms with Crippen LogP contribution in [-0.2, 0) is 0 Å². The maximum atomic E-state index is 9.33. The van der Waals surface area contributed by atoms with Crippen LogP contribution in [0, 0.1) is 5.92 Å². The summed E-state index contributed by atoms with van der Waals surface area (Å²) in [5.74, 6) is 0.633. The maximum Gasteiger partial charge on any atom is 0.0670 e. The molecule has 1 heterocycles. The fourth-order valence-corrected chi connectivity index (χ4v) is 1.63. The van der Waals surface area contributed by atoms with Gasteiger partial charge in [-0.1, -0.05) is 6.92 Å². The second kappa shape index (κ2) is 2.89. The minimum atomic E-state index is -0.101. The summed E-state index contributed by atoms with van der Waals surface area (Å²) in [6.07, 6.45) is 0.863. The summed E-state index contributed by atoms with van der Waals surface area (Å²) < 4.78 is 0. The summed E-state index contributed by atoms with van der Waals surface area (Å²) in [4.78, 5) is 2.22. The molecule has 60 valence electrons. The zero-order chi connectivity index (χ0) is 7.72. The van der Waals surface area contributed by atoms with E-state index in [1.807, 2.05) is 0 Å². The normalized spacial score (nSPS) is 43.8. The van der Waals surface area contributed by atoms with E-state index in [1.54, 1.807) is 0 Å². The van der Waals surface area contributed by atoms with Gasteiger partial charge in [-0.3, -0.25) is 0 Å². The largest absolute Gasteiger partial charge is 0.392 e. The number of likely N-dealkylation sites (tertiary alicyclic amines) is 1. The van der Waals surface area contributed by atoms with Gasteiger partial charge in [-0.05, 0) is 26.3 Å². The van der Waals surface area contributed by atoms with E-state index in [0.29, 0.717) is 12.0 Å². The average Bonchev–Trinajstić information content (AvgIpc) is 1.82. The van der Waals surface area contributed by atoms with Crippen molar-refractivity contribution >= 4 is 0 Å². The Balaban J connectivity index is 2.49. The summed E-state index contributed by atoms with van der Waals surface area (Å²) >= 11 is 0. The molecule has 1 aliphatic rings. The topological polar surface area (TPSA) is 23.5 Å². The van der Waals surface area contributed by atoms with Gasteiger partial charge in [0.1, 0.15) is 0 Å². The van der Waals surface area contributed by atoms with Gasteiger partial charge in [0, 0.05) is 12.6 Å². The van der Waals surface area contributed by atoms with Gasteiger partial charge in [-0.2, -0.15) is 0 Å². The van der Waals surface area contributed by atoms with Crippen LogP contribution in [0.4, 0.5) is 0 Å². The van der Waals surface area contributed by atoms with Crippen LogP contribution in [0.2, 0.25) is 0 Å². The van der Waals surface area contributed by atoms with Crippen LogP contribution in [0.3, 0.4) is 0 Å². The van der Waals surface area contributed by atoms with Crippen LogP contribution in [0.5, 0.6) is 0 Å². The molecule has 1 rings (SSSR count). The Labute approximate surface area is 62.8 Å². The minimum absolute atomic E-state index is 0.101. The lowest BCUT2D eigenvalue weighted by molar-refractivity contribution is 0.0252. The predicted octanol–water partition coefficient (Wildman–Crippen LogP) is 0.707. The van der Waals surface area contributed by atoms with Gasteiger partial charge >= 0.3 is 0 Å². The molecule has 0 amide bonds. The summed E-state index contributed by atoms with van der Waals surface area (Å²) in [5, 5.41) is 9.33. The van der Waals surface area contributed by atoms with Crippen LogP contribution in [-0.4, -0.2) is 35.7 Å². The molecule has 0 aromatic carbocycles. The van der Waals surface area contributed by atoms with Gasteiger partial charge in [-0.15, -0.1) is 0 Å². The van der Waals surface area contributed by atoms with Gasteiger partial charge in [0.15, 0.2) is 0 Å². The molecule has 1 aliphatic heterocycles. The van der Waals surface area contributed by atoms with Crippen molar-refractivity contribution in [3.63, 3.8) is 0 Å². The molecule has 3 atom stereocenters. The van der Waals surface area contributed by atoms with Crippen molar-refractivity contribution < 1.29 is 5.11 Å². The number of hydrogen-bond acceptors (Lipinski definition) is 2. The van der Waals surface area contributed by atoms with Crippen LogP contribution >= 0.6 is 0 Å². The molecule has 0 spiro atoms. The monoisotopic (exact) mass is 143 g/mol. The fraction of sp³-hybridized carbons (Fsp3) is 1.00. The molecule has 0 radical (unpaired) electrons. The molecule has 2 heteroatoms. The highest BCUT2D eigenvalue weighted by Gasteiger charge is 2.26. The number of aliphatic hydroxyl groups is 1. The third-order valence-corrected chi connectivity index (χ3v) is 2.66. The fourth-order valence-electron chi connectivity index (χ4n) is 1.63. The van der Waals surface area contributed by atoms with E-state index < -0.39 is 0 Å². The van der Waals surface area contributed by atoms with Gasteiger partial charge < -0.3 is 10.0 Å². The first-order valence-corrected chi connectivity index (χ1v) is 3.99. The van der Waals surface area contributed by atoms with E-state index in [1.165, 1.54) is 0 Å². The Kier molecular flexibility index (Phi) is 2.32. The van der Waals surface area contributed by atoms with Crippen LogP contribution in [0.25, 0.3) is 0 Å². The number of nitrogens with zero attached hydrogens (tertiary/aromatic N) is 1. The standard InChI is InChI=1S/C8H17NO/c1-6-4-8(10)5-9(3)7(6)2/h6-8,10H,4-5H2,1-3H3/t6-,7-,8+/m0/s1. The maximum absolute atomic E-state index is 9.33. The first-order chi connectivity index (χ1) is 4.61. The number of aliphatic hydroxyl groups excluding tert-OH is 1. The molecule has 2 nitrogen and oxygen atoms in total. The zero-order valence-electron chi connectivity index (χ0n) is 7.04. The highest BCUT2D eigenvalue weighted by Crippen LogP contribution is 2.21. The summed E-state index contributed by atoms with van der Waals surface area (Å²) in [7, 11) is 2.07. The van der Waals surface area contributed by atoms with Gasteiger partial charge in [0.25, 0.3) is 0 Å². The zero-order valence-corrected chi connectivity index (χ0v) is 7.04. The SMILES string of the molecule is C[C@H]1C[C@@H](O)CN(C)[C@H]1C. The van der Waals surface area contributed by atoms with Gasteiger partial charge in [0.2, 0.25) is 0 Å². The Hall–Kier alpha value is -0.0800. The minimum Gasteiger partial charge on any atom is -0.392 e. The molecule has 0 saturated carbocycles. The van der Waals surface area contributed by atoms with Crippen molar-refractivity contribution in [1.82, 2.24) is 4.90 Å². The Morgan fingerprint density at radius 2 is 2.00 bits per heavy atom. The van der Waals surface area contributed by atoms with Crippen molar-refractivity contribution in [2.24, 2.45) is 5.92 Å². The van der Waals surface area contributed by atoms with Crippen molar-refractivity contribution in [2.45, 2.75) is 32.4 Å². The highest BCUT2D eigenvalue weighted by atomic mass is 16.3. The molecule has 1 fully saturated rings. The molecule has 0 aromatic rings. The Morgan fingerprint density at radius 1 is 1.40 bits per heavy atom. The van der Waals surface area contributed by atoms with E-state index in [0.717, 1.165) is 13.0 Å². The molecule has 0 aliphatic carbocycles. The third kappa shape index (κ3) is 1.50. The first-order valence-electron chi connectivity index (χ1n) is 3.99. The van der Waals surface area contributed by atoms with Crippen LogP contribution in [0.1, 0.15) is 20.3 Å². The summed E-state index contributed by atoms with van der Waals surface area (Å²) in [6, 6.07) is 0.628. The highest BCUT2D eigenvalue weighted by molar-refractivity contribution is 4.80. The van der Waals surface area contributed by atoms with Crippen molar-refractivity contribution in [3.8, 4) is 0 Å². The second-order valence-electron chi connectivity index (χ2n) is 3.55. The molecule has 0 unspecified atom stereocenters. The quantitative estimate of drug-likeness (QED) is 0.540. The van der Waals surface area contributed by atoms with Crippen molar-refractivity contribution in [3.05, 3.63) is 0 Å². The number of β-amino-alcohol motifs (C(OH)–C–C–N with tert-alkyl or cyclic N) is 1. The van der Waals surface area contributed by atoms with E-state index in [-0.39, 0.29) is 6.10 Å². The average molecular weight is 143 g/mol. The lowest BCUT2D eigenvalue weighted by Gasteiger charge is -2.37. The molecular formula is C8H17NO. The molecular weight excluding hydrogens is 126 g/mol. The first kappa shape index (κ1) is 8.02.